The van der Waals surface area contributed by atoms with Crippen LogP contribution in [0.3, 0.4) is 0 Å². The lowest BCUT2D eigenvalue weighted by atomic mass is 9.82. The van der Waals surface area contributed by atoms with Crippen LogP contribution >= 0.6 is 0 Å². The minimum atomic E-state index is 0.292. The van der Waals surface area contributed by atoms with Crippen molar-refractivity contribution >= 4 is 0 Å². The molecule has 2 atom stereocenters. The van der Waals surface area contributed by atoms with Gasteiger partial charge < -0.3 is 5.32 Å². The van der Waals surface area contributed by atoms with Crippen LogP contribution in [0.15, 0.2) is 0 Å². The number of likely N-dealkylation sites (tertiary alicyclic amines) is 1. The summed E-state index contributed by atoms with van der Waals surface area (Å²) >= 11 is 0. The summed E-state index contributed by atoms with van der Waals surface area (Å²) < 4.78 is 0. The first kappa shape index (κ1) is 14.0. The topological polar surface area (TPSA) is 15.3 Å². The summed E-state index contributed by atoms with van der Waals surface area (Å²) in [5, 5.41) is 3.56. The van der Waals surface area contributed by atoms with Crippen LogP contribution in [0.2, 0.25) is 0 Å². The van der Waals surface area contributed by atoms with Gasteiger partial charge in [-0.25, -0.2) is 0 Å². The Balaban J connectivity index is 2.68. The quantitative estimate of drug-likeness (QED) is 0.749. The van der Waals surface area contributed by atoms with E-state index >= 15 is 0 Å². The summed E-state index contributed by atoms with van der Waals surface area (Å²) in [5.41, 5.74) is 0.292. The lowest BCUT2D eigenvalue weighted by Gasteiger charge is -2.45. The first-order chi connectivity index (χ1) is 7.54. The summed E-state index contributed by atoms with van der Waals surface area (Å²) in [6.45, 7) is 12.1. The molecule has 1 aliphatic heterocycles. The second-order valence-electron chi connectivity index (χ2n) is 5.88. The van der Waals surface area contributed by atoms with E-state index in [1.807, 2.05) is 0 Å². The third kappa shape index (κ3) is 2.98. The highest BCUT2D eigenvalue weighted by Gasteiger charge is 2.38. The second kappa shape index (κ2) is 6.02. The van der Waals surface area contributed by atoms with E-state index in [1.54, 1.807) is 0 Å². The molecule has 0 bridgehead atoms. The molecule has 2 nitrogen and oxygen atoms in total. The highest BCUT2D eigenvalue weighted by molar-refractivity contribution is 4.96. The van der Waals surface area contributed by atoms with Gasteiger partial charge >= 0.3 is 0 Å². The van der Waals surface area contributed by atoms with Crippen LogP contribution in [0, 0.1) is 5.92 Å². The molecule has 1 N–H and O–H groups in total. The molecule has 0 saturated carbocycles. The number of rotatable bonds is 6. The van der Waals surface area contributed by atoms with Crippen LogP contribution in [-0.2, 0) is 0 Å². The van der Waals surface area contributed by atoms with E-state index in [9.17, 15) is 0 Å². The average molecular weight is 226 g/mol. The number of nitrogens with zero attached hydrogens (tertiary/aromatic N) is 1. The molecule has 0 aromatic heterocycles. The van der Waals surface area contributed by atoms with E-state index < -0.39 is 0 Å². The van der Waals surface area contributed by atoms with Crippen molar-refractivity contribution in [2.75, 3.05) is 20.1 Å². The molecule has 0 aromatic rings. The van der Waals surface area contributed by atoms with Crippen molar-refractivity contribution in [3.8, 4) is 0 Å². The smallest absolute Gasteiger partial charge is 0.0308 e. The van der Waals surface area contributed by atoms with Crippen molar-refractivity contribution in [3.63, 3.8) is 0 Å². The molecule has 1 fully saturated rings. The molecule has 2 unspecified atom stereocenters. The molecule has 96 valence electrons. The third-order valence-corrected chi connectivity index (χ3v) is 4.31. The van der Waals surface area contributed by atoms with Gasteiger partial charge in [-0.15, -0.1) is 0 Å². The van der Waals surface area contributed by atoms with Gasteiger partial charge in [-0.3, -0.25) is 4.90 Å². The fourth-order valence-electron chi connectivity index (χ4n) is 3.45. The zero-order valence-corrected chi connectivity index (χ0v) is 11.8. The van der Waals surface area contributed by atoms with Gasteiger partial charge in [0.05, 0.1) is 0 Å². The summed E-state index contributed by atoms with van der Waals surface area (Å²) in [6, 6.07) is 0.602. The van der Waals surface area contributed by atoms with E-state index in [-0.39, 0.29) is 0 Å². The van der Waals surface area contributed by atoms with Gasteiger partial charge in [0.15, 0.2) is 0 Å². The van der Waals surface area contributed by atoms with Gasteiger partial charge in [-0.1, -0.05) is 20.3 Å². The fourth-order valence-corrected chi connectivity index (χ4v) is 3.45. The van der Waals surface area contributed by atoms with E-state index in [1.165, 1.54) is 38.8 Å². The van der Waals surface area contributed by atoms with Crippen LogP contribution in [0.5, 0.6) is 0 Å². The van der Waals surface area contributed by atoms with Crippen molar-refractivity contribution in [3.05, 3.63) is 0 Å². The predicted molar refractivity (Wildman–Crippen MR) is 71.8 cm³/mol. The van der Waals surface area contributed by atoms with Gasteiger partial charge in [0.2, 0.25) is 0 Å². The molecular formula is C14H30N2. The molecular weight excluding hydrogens is 196 g/mol. The number of nitrogens with one attached hydrogen (secondary N) is 1. The summed E-state index contributed by atoms with van der Waals surface area (Å²) in [6.07, 6.45) is 5.36. The monoisotopic (exact) mass is 226 g/mol. The molecule has 2 heteroatoms. The SMILES string of the molecule is CCCC(C)C(NC)C(C)(C)N1CCCC1. The van der Waals surface area contributed by atoms with Crippen molar-refractivity contribution in [2.24, 2.45) is 5.92 Å². The van der Waals surface area contributed by atoms with E-state index in [2.05, 4.69) is 45.0 Å². The van der Waals surface area contributed by atoms with Crippen LogP contribution < -0.4 is 5.32 Å². The summed E-state index contributed by atoms with van der Waals surface area (Å²) in [4.78, 5) is 2.67. The van der Waals surface area contributed by atoms with Crippen molar-refractivity contribution in [2.45, 2.75) is 65.0 Å². The Morgan fingerprint density at radius 1 is 1.25 bits per heavy atom. The Morgan fingerprint density at radius 3 is 2.25 bits per heavy atom. The number of hydrogen-bond acceptors (Lipinski definition) is 2. The highest BCUT2D eigenvalue weighted by Crippen LogP contribution is 2.29. The molecule has 0 spiro atoms. The maximum absolute atomic E-state index is 3.56. The van der Waals surface area contributed by atoms with Crippen molar-refractivity contribution in [1.29, 1.82) is 0 Å². The molecule has 0 amide bonds. The lowest BCUT2D eigenvalue weighted by molar-refractivity contribution is 0.0826. The molecule has 1 rings (SSSR count). The van der Waals surface area contributed by atoms with Crippen LogP contribution in [0.1, 0.15) is 53.4 Å². The molecule has 1 heterocycles. The molecule has 16 heavy (non-hydrogen) atoms. The Labute approximate surface area is 102 Å². The number of likely N-dealkylation sites (N-methyl/N-ethyl adjacent to an activating group) is 1. The van der Waals surface area contributed by atoms with Crippen molar-refractivity contribution < 1.29 is 0 Å². The highest BCUT2D eigenvalue weighted by atomic mass is 15.2. The summed E-state index contributed by atoms with van der Waals surface area (Å²) in [7, 11) is 2.12. The van der Waals surface area contributed by atoms with Crippen LogP contribution in [0.25, 0.3) is 0 Å². The van der Waals surface area contributed by atoms with E-state index in [0.717, 1.165) is 5.92 Å². The maximum Gasteiger partial charge on any atom is 0.0308 e. The number of hydrogen-bond donors (Lipinski definition) is 1. The first-order valence-electron chi connectivity index (χ1n) is 6.96. The zero-order valence-electron chi connectivity index (χ0n) is 11.8. The predicted octanol–water partition coefficient (Wildman–Crippen LogP) is 2.89. The Kier molecular flexibility index (Phi) is 5.26. The standard InChI is InChI=1S/C14H30N2/c1-6-9-12(2)13(15-5)14(3,4)16-10-7-8-11-16/h12-13,15H,6-11H2,1-5H3. The Bertz CT molecular complexity index is 195. The summed E-state index contributed by atoms with van der Waals surface area (Å²) in [5.74, 6) is 0.755. The minimum Gasteiger partial charge on any atom is -0.315 e. The fraction of sp³-hybridized carbons (Fsp3) is 1.00. The third-order valence-electron chi connectivity index (χ3n) is 4.31. The van der Waals surface area contributed by atoms with Gasteiger partial charge in [0.1, 0.15) is 0 Å². The van der Waals surface area contributed by atoms with Gasteiger partial charge in [0.25, 0.3) is 0 Å². The average Bonchev–Trinajstić information content (AvgIpc) is 2.71. The van der Waals surface area contributed by atoms with Crippen LogP contribution in [-0.4, -0.2) is 36.6 Å². The Morgan fingerprint density at radius 2 is 1.81 bits per heavy atom. The van der Waals surface area contributed by atoms with Gasteiger partial charge in [-0.05, 0) is 59.2 Å². The van der Waals surface area contributed by atoms with E-state index in [4.69, 9.17) is 0 Å². The van der Waals surface area contributed by atoms with Crippen molar-refractivity contribution in [1.82, 2.24) is 10.2 Å². The molecule has 0 radical (unpaired) electrons. The molecule has 1 saturated heterocycles. The van der Waals surface area contributed by atoms with Gasteiger partial charge in [-0.2, -0.15) is 0 Å². The zero-order chi connectivity index (χ0) is 12.2. The molecule has 1 aliphatic rings. The normalized spacial score (nSPS) is 22.3. The minimum absolute atomic E-state index is 0.292. The maximum atomic E-state index is 3.56. The lowest BCUT2D eigenvalue weighted by Crippen LogP contribution is -2.58. The largest absolute Gasteiger partial charge is 0.315 e. The molecule has 0 aromatic carbocycles. The Hall–Kier alpha value is -0.0800. The molecule has 0 aliphatic carbocycles. The van der Waals surface area contributed by atoms with E-state index in [0.29, 0.717) is 11.6 Å². The van der Waals surface area contributed by atoms with Crippen LogP contribution in [0.4, 0.5) is 0 Å². The second-order valence-corrected chi connectivity index (χ2v) is 5.88. The van der Waals surface area contributed by atoms with Gasteiger partial charge in [0, 0.05) is 11.6 Å². The first-order valence-corrected chi connectivity index (χ1v) is 6.96.